The number of aromatic nitrogens is 2. The first-order valence-corrected chi connectivity index (χ1v) is 20.0. The van der Waals surface area contributed by atoms with Crippen molar-refractivity contribution in [3.63, 3.8) is 0 Å². The maximum absolute atomic E-state index is 13.8. The Morgan fingerprint density at radius 3 is 2.36 bits per heavy atom. The van der Waals surface area contributed by atoms with E-state index in [0.717, 1.165) is 103 Å². The maximum atomic E-state index is 13.8. The highest BCUT2D eigenvalue weighted by molar-refractivity contribution is 8.01. The average molecular weight is 675 g/mol. The van der Waals surface area contributed by atoms with Crippen molar-refractivity contribution >= 4 is 68.6 Å². The van der Waals surface area contributed by atoms with Gasteiger partial charge in [-0.05, 0) is 43.0 Å². The fourth-order valence-electron chi connectivity index (χ4n) is 5.32. The van der Waals surface area contributed by atoms with Gasteiger partial charge in [-0.2, -0.15) is 0 Å². The third kappa shape index (κ3) is 11.1. The number of nitrogens with zero attached hydrogens (tertiary/aromatic N) is 5. The zero-order valence-electron chi connectivity index (χ0n) is 27.0. The molecule has 0 aliphatic carbocycles. The number of nitrogens with one attached hydrogen (secondary N) is 1. The van der Waals surface area contributed by atoms with Crippen LogP contribution in [-0.4, -0.2) is 100 Å². The summed E-state index contributed by atoms with van der Waals surface area (Å²) in [7, 11) is 0. The van der Waals surface area contributed by atoms with E-state index in [0.29, 0.717) is 0 Å². The van der Waals surface area contributed by atoms with Gasteiger partial charge in [0.2, 0.25) is 0 Å². The van der Waals surface area contributed by atoms with Crippen LogP contribution in [-0.2, 0) is 0 Å². The van der Waals surface area contributed by atoms with E-state index in [1.54, 1.807) is 34.9 Å². The first kappa shape index (κ1) is 35.4. The van der Waals surface area contributed by atoms with E-state index in [9.17, 15) is 4.79 Å². The third-order valence-corrected chi connectivity index (χ3v) is 11.7. The van der Waals surface area contributed by atoms with Gasteiger partial charge in [0, 0.05) is 68.7 Å². The van der Waals surface area contributed by atoms with Gasteiger partial charge in [0.1, 0.15) is 5.03 Å². The second kappa shape index (κ2) is 19.2. The van der Waals surface area contributed by atoms with Crippen LogP contribution in [0.15, 0.2) is 44.6 Å². The van der Waals surface area contributed by atoms with Crippen LogP contribution >= 0.6 is 46.6 Å². The summed E-state index contributed by atoms with van der Waals surface area (Å²) >= 11 is 7.14. The number of urea groups is 1. The van der Waals surface area contributed by atoms with Gasteiger partial charge >= 0.3 is 6.03 Å². The van der Waals surface area contributed by atoms with Crippen LogP contribution in [0.1, 0.15) is 58.6 Å². The summed E-state index contributed by atoms with van der Waals surface area (Å²) in [5, 5.41) is 4.25. The van der Waals surface area contributed by atoms with Crippen molar-refractivity contribution in [3.05, 3.63) is 36.0 Å². The standard InChI is InChI=1S/C33H50N6OS4/c1-5-8-9-10-13-16-39(32(40)36-30-29(41-6-2)25-26(4)34-31(30)42-7-3)22-21-37-17-19-38(20-18-37)23-24-43-33-35-27-14-11-12-15-28(27)44-33/h11-12,14-15,25H,5-10,13,16-24H2,1-4H3,(H,36,40). The van der Waals surface area contributed by atoms with Gasteiger partial charge in [0.25, 0.3) is 0 Å². The van der Waals surface area contributed by atoms with Gasteiger partial charge in [-0.15, -0.1) is 34.9 Å². The number of benzene rings is 1. The fraction of sp³-hybridized carbons (Fsp3) is 0.606. The molecule has 0 saturated carbocycles. The fourth-order valence-corrected chi connectivity index (χ4v) is 9.17. The Bertz CT molecular complexity index is 1240. The molecule has 4 rings (SSSR count). The first-order valence-electron chi connectivity index (χ1n) is 16.3. The molecular formula is C33H50N6OS4. The number of thioether (sulfide) groups is 3. The Hall–Kier alpha value is -1.50. The first-order chi connectivity index (χ1) is 21.5. The van der Waals surface area contributed by atoms with E-state index in [1.807, 2.05) is 23.6 Å². The molecule has 1 N–H and O–H groups in total. The monoisotopic (exact) mass is 674 g/mol. The van der Waals surface area contributed by atoms with E-state index in [1.165, 1.54) is 34.7 Å². The van der Waals surface area contributed by atoms with Gasteiger partial charge in [0.05, 0.1) is 15.9 Å². The Morgan fingerprint density at radius 1 is 0.909 bits per heavy atom. The average Bonchev–Trinajstić information content (AvgIpc) is 3.44. The Balaban J connectivity index is 1.28. The molecule has 1 aromatic carbocycles. The number of anilines is 1. The Morgan fingerprint density at radius 2 is 1.64 bits per heavy atom. The summed E-state index contributed by atoms with van der Waals surface area (Å²) in [6.07, 6.45) is 5.95. The molecule has 3 aromatic rings. The van der Waals surface area contributed by atoms with Crippen molar-refractivity contribution in [2.75, 3.05) is 74.9 Å². The number of unbranched alkanes of at least 4 members (excludes halogenated alkanes) is 4. The summed E-state index contributed by atoms with van der Waals surface area (Å²) in [6.45, 7) is 16.4. The van der Waals surface area contributed by atoms with E-state index in [2.05, 4.69) is 66.2 Å². The number of piperazine rings is 1. The topological polar surface area (TPSA) is 64.6 Å². The Kier molecular flexibility index (Phi) is 15.5. The Labute approximate surface area is 281 Å². The van der Waals surface area contributed by atoms with Crippen molar-refractivity contribution in [2.45, 2.75) is 74.1 Å². The number of pyridine rings is 1. The van der Waals surface area contributed by atoms with Crippen molar-refractivity contribution in [1.29, 1.82) is 0 Å². The molecule has 7 nitrogen and oxygen atoms in total. The molecule has 1 aliphatic rings. The number of fused-ring (bicyclic) bond motifs is 1. The second-order valence-corrected chi connectivity index (χ2v) is 16.0. The molecule has 0 unspecified atom stereocenters. The maximum Gasteiger partial charge on any atom is 0.321 e. The number of amides is 2. The number of carbonyl (C=O) groups excluding carboxylic acids is 1. The van der Waals surface area contributed by atoms with Crippen LogP contribution in [0.5, 0.6) is 0 Å². The number of aryl methyl sites for hydroxylation is 1. The lowest BCUT2D eigenvalue weighted by molar-refractivity contribution is 0.127. The van der Waals surface area contributed by atoms with E-state index in [-0.39, 0.29) is 6.03 Å². The number of para-hydroxylation sites is 1. The lowest BCUT2D eigenvalue weighted by Gasteiger charge is -2.35. The summed E-state index contributed by atoms with van der Waals surface area (Å²) in [6, 6.07) is 10.5. The van der Waals surface area contributed by atoms with Gasteiger partial charge < -0.3 is 10.2 Å². The summed E-state index contributed by atoms with van der Waals surface area (Å²) < 4.78 is 2.43. The summed E-state index contributed by atoms with van der Waals surface area (Å²) in [4.78, 5) is 31.6. The van der Waals surface area contributed by atoms with E-state index < -0.39 is 0 Å². The van der Waals surface area contributed by atoms with Crippen LogP contribution in [0.4, 0.5) is 10.5 Å². The van der Waals surface area contributed by atoms with E-state index >= 15 is 0 Å². The van der Waals surface area contributed by atoms with Gasteiger partial charge in [-0.25, -0.2) is 14.8 Å². The highest BCUT2D eigenvalue weighted by Gasteiger charge is 2.22. The molecule has 2 amide bonds. The highest BCUT2D eigenvalue weighted by Crippen LogP contribution is 2.36. The SMILES string of the molecule is CCCCCCCN(CCN1CCN(CCSc2nc3ccccc3s2)CC1)C(=O)Nc1c(SCC)cc(C)nc1SCC. The van der Waals surface area contributed by atoms with Crippen molar-refractivity contribution in [3.8, 4) is 0 Å². The van der Waals surface area contributed by atoms with Gasteiger partial charge in [-0.1, -0.05) is 70.3 Å². The predicted molar refractivity (Wildman–Crippen MR) is 194 cm³/mol. The number of carbonyl (C=O) groups is 1. The summed E-state index contributed by atoms with van der Waals surface area (Å²) in [5.41, 5.74) is 2.98. The molecule has 44 heavy (non-hydrogen) atoms. The largest absolute Gasteiger partial charge is 0.323 e. The predicted octanol–water partition coefficient (Wildman–Crippen LogP) is 8.44. The molecule has 0 atom stereocenters. The molecular weight excluding hydrogens is 625 g/mol. The quantitative estimate of drug-likeness (QED) is 0.107. The molecule has 0 radical (unpaired) electrons. The van der Waals surface area contributed by atoms with Crippen molar-refractivity contribution < 1.29 is 4.79 Å². The normalized spacial score (nSPS) is 14.4. The van der Waals surface area contributed by atoms with Gasteiger partial charge in [-0.3, -0.25) is 9.80 Å². The van der Waals surface area contributed by atoms with Crippen LogP contribution in [0.3, 0.4) is 0 Å². The number of thiazole rings is 1. The third-order valence-electron chi connectivity index (χ3n) is 7.77. The molecule has 1 fully saturated rings. The van der Waals surface area contributed by atoms with E-state index in [4.69, 9.17) is 9.97 Å². The van der Waals surface area contributed by atoms with Crippen molar-refractivity contribution in [2.24, 2.45) is 0 Å². The lowest BCUT2D eigenvalue weighted by atomic mass is 10.1. The minimum absolute atomic E-state index is 0.00700. The minimum atomic E-state index is 0.00700. The molecule has 1 aliphatic heterocycles. The van der Waals surface area contributed by atoms with Crippen LogP contribution < -0.4 is 5.32 Å². The number of hydrogen-bond donors (Lipinski definition) is 1. The number of rotatable bonds is 18. The molecule has 0 bridgehead atoms. The van der Waals surface area contributed by atoms with Crippen LogP contribution in [0, 0.1) is 6.92 Å². The zero-order chi connectivity index (χ0) is 31.1. The smallest absolute Gasteiger partial charge is 0.321 e. The van der Waals surface area contributed by atoms with Crippen molar-refractivity contribution in [1.82, 2.24) is 24.7 Å². The molecule has 3 heterocycles. The zero-order valence-corrected chi connectivity index (χ0v) is 30.2. The van der Waals surface area contributed by atoms with Crippen LogP contribution in [0.2, 0.25) is 0 Å². The molecule has 11 heteroatoms. The highest BCUT2D eigenvalue weighted by atomic mass is 32.2. The number of hydrogen-bond acceptors (Lipinski definition) is 9. The summed E-state index contributed by atoms with van der Waals surface area (Å²) in [5.74, 6) is 2.94. The lowest BCUT2D eigenvalue weighted by Crippen LogP contribution is -2.49. The molecule has 2 aromatic heterocycles. The molecule has 0 spiro atoms. The second-order valence-electron chi connectivity index (χ2n) is 11.1. The molecule has 242 valence electrons. The van der Waals surface area contributed by atoms with Crippen LogP contribution in [0.25, 0.3) is 10.2 Å². The van der Waals surface area contributed by atoms with Gasteiger partial charge in [0.15, 0.2) is 4.34 Å². The minimum Gasteiger partial charge on any atom is -0.323 e. The molecule has 1 saturated heterocycles.